The predicted molar refractivity (Wildman–Crippen MR) is 166 cm³/mol. The molecule has 2 aliphatic rings. The minimum atomic E-state index is -0.727. The lowest BCUT2D eigenvalue weighted by Crippen LogP contribution is -2.53. The van der Waals surface area contributed by atoms with Crippen molar-refractivity contribution in [2.45, 2.75) is 83.5 Å². The number of ether oxygens (including phenoxy) is 1. The van der Waals surface area contributed by atoms with Gasteiger partial charge in [0.2, 0.25) is 0 Å². The Balaban J connectivity index is 2.00. The van der Waals surface area contributed by atoms with Gasteiger partial charge >= 0.3 is 0 Å². The van der Waals surface area contributed by atoms with Gasteiger partial charge in [0.25, 0.3) is 11.8 Å². The zero-order valence-corrected chi connectivity index (χ0v) is 25.3. The minimum Gasteiger partial charge on any atom is -0.386 e. The molecule has 41 heavy (non-hydrogen) atoms. The molecule has 8 nitrogen and oxygen atoms in total. The molecule has 1 heterocycles. The Morgan fingerprint density at radius 3 is 2.71 bits per heavy atom. The van der Waals surface area contributed by atoms with Crippen molar-refractivity contribution in [3.8, 4) is 0 Å². The summed E-state index contributed by atoms with van der Waals surface area (Å²) in [5.74, 6) is -0.283. The first-order valence-corrected chi connectivity index (χ1v) is 14.8. The van der Waals surface area contributed by atoms with Crippen LogP contribution in [-0.2, 0) is 14.3 Å². The Hall–Kier alpha value is -3.23. The van der Waals surface area contributed by atoms with Crippen molar-refractivity contribution in [2.24, 2.45) is 16.6 Å². The van der Waals surface area contributed by atoms with Crippen molar-refractivity contribution < 1.29 is 14.3 Å². The summed E-state index contributed by atoms with van der Waals surface area (Å²) in [4.78, 5) is 33.9. The van der Waals surface area contributed by atoms with Crippen molar-refractivity contribution in [2.75, 3.05) is 13.2 Å². The lowest BCUT2D eigenvalue weighted by Gasteiger charge is -2.42. The van der Waals surface area contributed by atoms with Gasteiger partial charge in [0.15, 0.2) is 0 Å². The first kappa shape index (κ1) is 32.3. The zero-order valence-electron chi connectivity index (χ0n) is 24.5. The van der Waals surface area contributed by atoms with Crippen molar-refractivity contribution in [1.82, 2.24) is 10.2 Å². The second-order valence-corrected chi connectivity index (χ2v) is 11.7. The van der Waals surface area contributed by atoms with Crippen LogP contribution in [0.4, 0.5) is 0 Å². The van der Waals surface area contributed by atoms with E-state index in [1.54, 1.807) is 24.3 Å². The van der Waals surface area contributed by atoms with Crippen LogP contribution in [0.2, 0.25) is 5.02 Å². The third kappa shape index (κ3) is 8.39. The van der Waals surface area contributed by atoms with Crippen LogP contribution in [0.25, 0.3) is 0 Å². The van der Waals surface area contributed by atoms with E-state index in [0.29, 0.717) is 47.2 Å². The summed E-state index contributed by atoms with van der Waals surface area (Å²) < 4.78 is 6.00. The van der Waals surface area contributed by atoms with Crippen LogP contribution in [0.1, 0.15) is 71.3 Å². The second kappa shape index (κ2) is 14.6. The van der Waals surface area contributed by atoms with E-state index in [9.17, 15) is 9.59 Å². The highest BCUT2D eigenvalue weighted by molar-refractivity contribution is 6.47. The van der Waals surface area contributed by atoms with E-state index in [1.807, 2.05) is 24.0 Å². The number of benzene rings is 1. The molecule has 1 aromatic rings. The van der Waals surface area contributed by atoms with Crippen LogP contribution in [0.3, 0.4) is 0 Å². The molecule has 9 heteroatoms. The van der Waals surface area contributed by atoms with Gasteiger partial charge in [-0.05, 0) is 81.6 Å². The molecule has 1 aromatic carbocycles. The van der Waals surface area contributed by atoms with Crippen LogP contribution in [0.5, 0.6) is 0 Å². The molecular formula is C32H44ClN5O3. The summed E-state index contributed by atoms with van der Waals surface area (Å²) in [7, 11) is 0. The first-order valence-electron chi connectivity index (χ1n) is 14.4. The summed E-state index contributed by atoms with van der Waals surface area (Å²) >= 11 is 6.32. The van der Waals surface area contributed by atoms with E-state index in [2.05, 4.69) is 32.3 Å². The smallest absolute Gasteiger partial charge is 0.275 e. The topological polar surface area (TPSA) is 121 Å². The SMILES string of the molecule is C=C(/C=C\C(=C)C(CCC(C)C)N1C(=O)C(c2cccc(Cl)c2)=NC12CCCC(OCC)CC2)C(=O)NCC(=N)N. The number of carbonyl (C=O) groups excluding carboxylic acids is 2. The van der Waals surface area contributed by atoms with E-state index in [-0.39, 0.29) is 36.0 Å². The van der Waals surface area contributed by atoms with E-state index >= 15 is 0 Å². The van der Waals surface area contributed by atoms with Gasteiger partial charge in [0.1, 0.15) is 17.2 Å². The van der Waals surface area contributed by atoms with Gasteiger partial charge in [-0.15, -0.1) is 0 Å². The quantitative estimate of drug-likeness (QED) is 0.122. The molecule has 0 saturated heterocycles. The average Bonchev–Trinajstić information content (AvgIpc) is 3.05. The fourth-order valence-electron chi connectivity index (χ4n) is 5.55. The standard InChI is InChI=1S/C32H44ClN5O3/c1-6-41-26-11-8-17-32(18-16-26)37-29(24-9-7-10-25(33)19-24)31(40)38(32)27(15-12-21(2)3)22(4)13-14-23(5)30(39)36-20-28(34)35/h7,9-10,13-14,19,21,26-27H,4-6,8,11-12,15-18,20H2,1-3H3,(H3,34,35)(H,36,39)/b14-13-. The van der Waals surface area contributed by atoms with Gasteiger partial charge in [-0.25, -0.2) is 0 Å². The normalized spacial score (nSPS) is 21.7. The number of nitrogens with zero attached hydrogens (tertiary/aromatic N) is 2. The number of hydrogen-bond donors (Lipinski definition) is 3. The number of nitrogens with one attached hydrogen (secondary N) is 2. The number of aliphatic imine (C=N–C) groups is 1. The summed E-state index contributed by atoms with van der Waals surface area (Å²) in [6.07, 6.45) is 9.09. The molecule has 4 N–H and O–H groups in total. The van der Waals surface area contributed by atoms with Crippen LogP contribution in [-0.4, -0.2) is 59.2 Å². The molecule has 3 atom stereocenters. The molecule has 1 aliphatic carbocycles. The monoisotopic (exact) mass is 581 g/mol. The summed E-state index contributed by atoms with van der Waals surface area (Å²) in [5.41, 5.74) is 6.66. The molecule has 0 aromatic heterocycles. The lowest BCUT2D eigenvalue weighted by molar-refractivity contribution is -0.130. The van der Waals surface area contributed by atoms with Gasteiger partial charge in [0, 0.05) is 22.8 Å². The maximum absolute atomic E-state index is 14.3. The van der Waals surface area contributed by atoms with Gasteiger partial charge in [-0.3, -0.25) is 20.0 Å². The number of nitrogens with two attached hydrogens (primary N) is 1. The number of rotatable bonds is 13. The minimum absolute atomic E-state index is 0.0548. The molecule has 222 valence electrons. The Kier molecular flexibility index (Phi) is 11.5. The van der Waals surface area contributed by atoms with E-state index in [4.69, 9.17) is 32.5 Å². The van der Waals surface area contributed by atoms with Crippen LogP contribution < -0.4 is 11.1 Å². The molecular weight excluding hydrogens is 538 g/mol. The van der Waals surface area contributed by atoms with E-state index in [0.717, 1.165) is 32.1 Å². The highest BCUT2D eigenvalue weighted by Crippen LogP contribution is 2.43. The molecule has 3 unspecified atom stereocenters. The molecule has 1 fully saturated rings. The third-order valence-electron chi connectivity index (χ3n) is 7.65. The predicted octanol–water partition coefficient (Wildman–Crippen LogP) is 5.56. The summed E-state index contributed by atoms with van der Waals surface area (Å²) in [5, 5.41) is 10.4. The molecule has 2 amide bonds. The highest BCUT2D eigenvalue weighted by atomic mass is 35.5. The Labute approximate surface area is 249 Å². The third-order valence-corrected chi connectivity index (χ3v) is 7.88. The van der Waals surface area contributed by atoms with Crippen LogP contribution in [0.15, 0.2) is 65.7 Å². The number of hydrogen-bond acceptors (Lipinski definition) is 5. The Bertz CT molecular complexity index is 1220. The Morgan fingerprint density at radius 1 is 1.29 bits per heavy atom. The van der Waals surface area contributed by atoms with Gasteiger partial charge in [-0.1, -0.05) is 56.8 Å². The van der Waals surface area contributed by atoms with Crippen molar-refractivity contribution >= 4 is 35.0 Å². The number of halogens is 1. The zero-order chi connectivity index (χ0) is 30.2. The number of amidine groups is 1. The van der Waals surface area contributed by atoms with E-state index in [1.165, 1.54) is 0 Å². The lowest BCUT2D eigenvalue weighted by atomic mass is 9.91. The van der Waals surface area contributed by atoms with Crippen molar-refractivity contribution in [3.63, 3.8) is 0 Å². The second-order valence-electron chi connectivity index (χ2n) is 11.3. The van der Waals surface area contributed by atoms with Gasteiger partial charge < -0.3 is 20.7 Å². The van der Waals surface area contributed by atoms with Gasteiger partial charge in [-0.2, -0.15) is 0 Å². The summed E-state index contributed by atoms with van der Waals surface area (Å²) in [6, 6.07) is 6.95. The molecule has 1 spiro atoms. The summed E-state index contributed by atoms with van der Waals surface area (Å²) in [6.45, 7) is 15.1. The molecule has 0 bridgehead atoms. The van der Waals surface area contributed by atoms with Crippen molar-refractivity contribution in [1.29, 1.82) is 5.41 Å². The fourth-order valence-corrected chi connectivity index (χ4v) is 5.74. The average molecular weight is 582 g/mol. The number of amides is 2. The van der Waals surface area contributed by atoms with E-state index < -0.39 is 11.6 Å². The maximum atomic E-state index is 14.3. The molecule has 1 saturated carbocycles. The first-order chi connectivity index (χ1) is 19.5. The van der Waals surface area contributed by atoms with Crippen molar-refractivity contribution in [3.05, 3.63) is 71.3 Å². The number of carbonyl (C=O) groups is 2. The highest BCUT2D eigenvalue weighted by Gasteiger charge is 2.51. The maximum Gasteiger partial charge on any atom is 0.275 e. The largest absolute Gasteiger partial charge is 0.386 e. The van der Waals surface area contributed by atoms with Crippen LogP contribution in [0, 0.1) is 11.3 Å². The molecule has 1 aliphatic heterocycles. The molecule has 3 rings (SSSR count). The fraction of sp³-hybridized carbons (Fsp3) is 0.500. The van der Waals surface area contributed by atoms with Crippen LogP contribution >= 0.6 is 11.6 Å². The Morgan fingerprint density at radius 2 is 2.05 bits per heavy atom. The van der Waals surface area contributed by atoms with Gasteiger partial charge in [0.05, 0.1) is 18.7 Å². The molecule has 0 radical (unpaired) electrons.